The Morgan fingerprint density at radius 1 is 1.06 bits per heavy atom. The van der Waals surface area contributed by atoms with E-state index in [0.29, 0.717) is 36.4 Å². The van der Waals surface area contributed by atoms with Crippen molar-refractivity contribution >= 4 is 17.7 Å². The first-order valence-corrected chi connectivity index (χ1v) is 11.5. The van der Waals surface area contributed by atoms with Crippen molar-refractivity contribution in [3.63, 3.8) is 0 Å². The molecule has 0 radical (unpaired) electrons. The zero-order chi connectivity index (χ0) is 22.6. The highest BCUT2D eigenvalue weighted by molar-refractivity contribution is 6.18. The summed E-state index contributed by atoms with van der Waals surface area (Å²) in [5.41, 5.74) is 1.21. The van der Waals surface area contributed by atoms with Gasteiger partial charge >= 0.3 is 0 Å². The van der Waals surface area contributed by atoms with Crippen LogP contribution >= 0.6 is 0 Å². The molecule has 3 aromatic rings. The number of furan rings is 1. The Balaban J connectivity index is 1.38. The largest absolute Gasteiger partial charge is 0.465 e. The van der Waals surface area contributed by atoms with Crippen molar-refractivity contribution < 1.29 is 9.21 Å². The van der Waals surface area contributed by atoms with Crippen molar-refractivity contribution in [1.29, 1.82) is 0 Å². The second-order valence-corrected chi connectivity index (χ2v) is 8.71. The average molecular weight is 448 g/mol. The highest BCUT2D eigenvalue weighted by Gasteiger charge is 2.31. The zero-order valence-electron chi connectivity index (χ0n) is 18.9. The Hall–Kier alpha value is -3.30. The summed E-state index contributed by atoms with van der Waals surface area (Å²) in [6.45, 7) is 5.38. The van der Waals surface area contributed by atoms with Crippen LogP contribution in [0.4, 0.5) is 0 Å². The van der Waals surface area contributed by atoms with Gasteiger partial charge < -0.3 is 14.2 Å². The predicted molar refractivity (Wildman–Crippen MR) is 125 cm³/mol. The summed E-state index contributed by atoms with van der Waals surface area (Å²) in [7, 11) is 2.19. The minimum absolute atomic E-state index is 0.101. The highest BCUT2D eigenvalue weighted by Crippen LogP contribution is 2.23. The van der Waals surface area contributed by atoms with Crippen LogP contribution < -0.4 is 0 Å². The number of hydrogen-bond acceptors (Lipinski definition) is 7. The number of aromatic nitrogens is 4. The van der Waals surface area contributed by atoms with Gasteiger partial charge in [0.1, 0.15) is 11.5 Å². The van der Waals surface area contributed by atoms with E-state index in [4.69, 9.17) is 4.42 Å². The predicted octanol–water partition coefficient (Wildman–Crippen LogP) is 2.17. The SMILES string of the molecule is CN1CCCC(N2CCN(C(=O)/C(=C/c3ccco3)n3nnnc3-c3ccccc3)CC2)C1. The van der Waals surface area contributed by atoms with Crippen molar-refractivity contribution in [2.24, 2.45) is 0 Å². The summed E-state index contributed by atoms with van der Waals surface area (Å²) in [4.78, 5) is 20.5. The molecule has 1 unspecified atom stereocenters. The number of hydrogen-bond donors (Lipinski definition) is 0. The fourth-order valence-corrected chi connectivity index (χ4v) is 4.73. The molecule has 5 rings (SSSR count). The van der Waals surface area contributed by atoms with Crippen LogP contribution in [0.5, 0.6) is 0 Å². The van der Waals surface area contributed by atoms with E-state index in [0.717, 1.165) is 25.2 Å². The summed E-state index contributed by atoms with van der Waals surface area (Å²) >= 11 is 0. The Bertz CT molecular complexity index is 1090. The lowest BCUT2D eigenvalue weighted by atomic mass is 10.0. The molecular weight excluding hydrogens is 418 g/mol. The van der Waals surface area contributed by atoms with Crippen LogP contribution in [0.3, 0.4) is 0 Å². The van der Waals surface area contributed by atoms with Crippen LogP contribution in [0.15, 0.2) is 53.1 Å². The Kier molecular flexibility index (Phi) is 6.32. The molecular formula is C24H29N7O2. The van der Waals surface area contributed by atoms with Gasteiger partial charge in [0.15, 0.2) is 5.82 Å². The van der Waals surface area contributed by atoms with Gasteiger partial charge in [0.2, 0.25) is 0 Å². The molecule has 33 heavy (non-hydrogen) atoms. The molecule has 1 atom stereocenters. The van der Waals surface area contributed by atoms with E-state index in [1.165, 1.54) is 24.1 Å². The minimum Gasteiger partial charge on any atom is -0.465 e. The Morgan fingerprint density at radius 3 is 2.61 bits per heavy atom. The number of piperidine rings is 1. The van der Waals surface area contributed by atoms with Crippen molar-refractivity contribution in [2.75, 3.05) is 46.3 Å². The zero-order valence-corrected chi connectivity index (χ0v) is 18.9. The van der Waals surface area contributed by atoms with Crippen molar-refractivity contribution in [3.8, 4) is 11.4 Å². The van der Waals surface area contributed by atoms with Crippen LogP contribution in [0.1, 0.15) is 18.6 Å². The molecule has 0 spiro atoms. The smallest absolute Gasteiger partial charge is 0.272 e. The van der Waals surface area contributed by atoms with Gasteiger partial charge in [0, 0.05) is 50.4 Å². The molecule has 0 saturated carbocycles. The van der Waals surface area contributed by atoms with Gasteiger partial charge in [-0.3, -0.25) is 9.69 Å². The number of carbonyl (C=O) groups is 1. The number of amides is 1. The molecule has 1 amide bonds. The lowest BCUT2D eigenvalue weighted by Gasteiger charge is -2.42. The molecule has 2 fully saturated rings. The maximum Gasteiger partial charge on any atom is 0.272 e. The average Bonchev–Trinajstić information content (AvgIpc) is 3.55. The quantitative estimate of drug-likeness (QED) is 0.554. The van der Waals surface area contributed by atoms with Gasteiger partial charge in [-0.15, -0.1) is 5.10 Å². The van der Waals surface area contributed by atoms with Crippen molar-refractivity contribution in [1.82, 2.24) is 34.9 Å². The monoisotopic (exact) mass is 447 g/mol. The topological polar surface area (TPSA) is 83.5 Å². The normalized spacial score (nSPS) is 20.8. The Labute approximate surface area is 193 Å². The molecule has 0 aliphatic carbocycles. The molecule has 1 aromatic carbocycles. The van der Waals surface area contributed by atoms with Gasteiger partial charge in [-0.05, 0) is 49.0 Å². The lowest BCUT2D eigenvalue weighted by Crippen LogP contribution is -2.55. The fraction of sp³-hybridized carbons (Fsp3) is 0.417. The van der Waals surface area contributed by atoms with Crippen LogP contribution in [0.25, 0.3) is 23.2 Å². The molecule has 2 aliphatic rings. The van der Waals surface area contributed by atoms with E-state index in [2.05, 4.69) is 32.4 Å². The van der Waals surface area contributed by atoms with Gasteiger partial charge in [0.05, 0.1) is 6.26 Å². The molecule has 4 heterocycles. The lowest BCUT2D eigenvalue weighted by molar-refractivity contribution is -0.127. The number of tetrazole rings is 1. The number of likely N-dealkylation sites (tertiary alicyclic amines) is 1. The second-order valence-electron chi connectivity index (χ2n) is 8.71. The summed E-state index contributed by atoms with van der Waals surface area (Å²) in [6, 6.07) is 13.8. The van der Waals surface area contributed by atoms with Crippen molar-refractivity contribution in [2.45, 2.75) is 18.9 Å². The number of nitrogens with zero attached hydrogens (tertiary/aromatic N) is 7. The van der Waals surface area contributed by atoms with Crippen molar-refractivity contribution in [3.05, 3.63) is 54.5 Å². The van der Waals surface area contributed by atoms with Gasteiger partial charge in [-0.1, -0.05) is 30.3 Å². The third kappa shape index (κ3) is 4.74. The Morgan fingerprint density at radius 2 is 1.88 bits per heavy atom. The van der Waals surface area contributed by atoms with E-state index in [9.17, 15) is 4.79 Å². The molecule has 2 aromatic heterocycles. The second kappa shape index (κ2) is 9.68. The molecule has 2 aliphatic heterocycles. The van der Waals surface area contributed by atoms with E-state index in [1.54, 1.807) is 18.4 Å². The molecule has 0 bridgehead atoms. The maximum atomic E-state index is 13.7. The van der Waals surface area contributed by atoms with Crippen LogP contribution in [-0.2, 0) is 4.79 Å². The highest BCUT2D eigenvalue weighted by atomic mass is 16.3. The summed E-state index contributed by atoms with van der Waals surface area (Å²) < 4.78 is 7.03. The summed E-state index contributed by atoms with van der Waals surface area (Å²) in [5.74, 6) is 0.999. The van der Waals surface area contributed by atoms with E-state index in [-0.39, 0.29) is 5.91 Å². The van der Waals surface area contributed by atoms with Gasteiger partial charge in [-0.25, -0.2) is 0 Å². The van der Waals surface area contributed by atoms with E-state index < -0.39 is 0 Å². The number of benzene rings is 1. The minimum atomic E-state index is -0.101. The molecule has 172 valence electrons. The van der Waals surface area contributed by atoms with E-state index >= 15 is 0 Å². The molecule has 0 N–H and O–H groups in total. The molecule has 9 nitrogen and oxygen atoms in total. The van der Waals surface area contributed by atoms with Crippen LogP contribution in [0, 0.1) is 0 Å². The number of carbonyl (C=O) groups excluding carboxylic acids is 1. The van der Waals surface area contributed by atoms with E-state index in [1.807, 2.05) is 41.3 Å². The first-order valence-electron chi connectivity index (χ1n) is 11.5. The van der Waals surface area contributed by atoms with Crippen LogP contribution in [-0.4, -0.2) is 93.2 Å². The molecule has 9 heteroatoms. The number of rotatable bonds is 5. The number of likely N-dealkylation sites (N-methyl/N-ethyl adjacent to an activating group) is 1. The third-order valence-corrected chi connectivity index (χ3v) is 6.49. The first kappa shape index (κ1) is 21.5. The fourth-order valence-electron chi connectivity index (χ4n) is 4.73. The first-order chi connectivity index (χ1) is 16.2. The van der Waals surface area contributed by atoms with Crippen LogP contribution in [0.2, 0.25) is 0 Å². The van der Waals surface area contributed by atoms with Gasteiger partial charge in [-0.2, -0.15) is 4.68 Å². The molecule has 2 saturated heterocycles. The standard InChI is InChI=1S/C24H29N7O2/c1-28-11-5-9-20(18-28)29-12-14-30(15-13-29)24(32)22(17-21-10-6-16-33-21)31-23(25-26-27-31)19-7-3-2-4-8-19/h2-4,6-8,10,16-17,20H,5,9,11-15,18H2,1H3/b22-17-. The van der Waals surface area contributed by atoms with Gasteiger partial charge in [0.25, 0.3) is 5.91 Å². The summed E-state index contributed by atoms with van der Waals surface area (Å²) in [6.07, 6.45) is 5.77. The number of piperazine rings is 1. The summed E-state index contributed by atoms with van der Waals surface area (Å²) in [5, 5.41) is 12.2. The third-order valence-electron chi connectivity index (χ3n) is 6.49. The maximum absolute atomic E-state index is 13.7.